The van der Waals surface area contributed by atoms with Gasteiger partial charge in [0, 0.05) is 5.54 Å². The highest BCUT2D eigenvalue weighted by Gasteiger charge is 2.40. The Labute approximate surface area is 84.7 Å². The Balaban J connectivity index is 2.88. The van der Waals surface area contributed by atoms with E-state index in [0.717, 1.165) is 19.3 Å². The van der Waals surface area contributed by atoms with Crippen LogP contribution in [0.2, 0.25) is 0 Å². The average Bonchev–Trinajstić information content (AvgIpc) is 2.51. The van der Waals surface area contributed by atoms with Crippen LogP contribution >= 0.6 is 0 Å². The van der Waals surface area contributed by atoms with Gasteiger partial charge in [0.05, 0.1) is 0 Å². The van der Waals surface area contributed by atoms with Gasteiger partial charge in [0.15, 0.2) is 0 Å². The van der Waals surface area contributed by atoms with E-state index < -0.39 is 0 Å². The van der Waals surface area contributed by atoms with Gasteiger partial charge in [-0.2, -0.15) is 0 Å². The van der Waals surface area contributed by atoms with E-state index in [1.54, 1.807) is 4.90 Å². The summed E-state index contributed by atoms with van der Waals surface area (Å²) in [5.41, 5.74) is -0.143. The third kappa shape index (κ3) is 1.61. The normalized spacial score (nSPS) is 17.5. The first-order valence-electron chi connectivity index (χ1n) is 5.21. The summed E-state index contributed by atoms with van der Waals surface area (Å²) in [6, 6.07) is -0.236. The maximum absolute atomic E-state index is 11.5. The summed E-state index contributed by atoms with van der Waals surface area (Å²) in [6.07, 6.45) is 2.67. The maximum atomic E-state index is 11.5. The fraction of sp³-hybridized carbons (Fsp3) is 0.800. The minimum atomic E-state index is -0.236. The summed E-state index contributed by atoms with van der Waals surface area (Å²) in [4.78, 5) is 24.3. The molecule has 0 spiro atoms. The van der Waals surface area contributed by atoms with Crippen molar-refractivity contribution in [2.45, 2.75) is 45.6 Å². The van der Waals surface area contributed by atoms with Gasteiger partial charge in [-0.15, -0.1) is 0 Å². The molecule has 1 saturated heterocycles. The van der Waals surface area contributed by atoms with Gasteiger partial charge < -0.3 is 4.90 Å². The van der Waals surface area contributed by atoms with Gasteiger partial charge in [-0.3, -0.25) is 10.1 Å². The number of carbonyl (C=O) groups excluding carboxylic acids is 2. The quantitative estimate of drug-likeness (QED) is 0.696. The maximum Gasteiger partial charge on any atom is 0.325 e. The number of hydrogen-bond donors (Lipinski definition) is 1. The van der Waals surface area contributed by atoms with E-state index in [-0.39, 0.29) is 24.0 Å². The van der Waals surface area contributed by atoms with Gasteiger partial charge in [-0.05, 0) is 19.3 Å². The number of urea groups is 1. The second kappa shape index (κ2) is 3.98. The molecule has 3 amide bonds. The van der Waals surface area contributed by atoms with Crippen molar-refractivity contribution in [1.82, 2.24) is 10.2 Å². The second-order valence-electron chi connectivity index (χ2n) is 3.72. The second-order valence-corrected chi connectivity index (χ2v) is 3.72. The Hall–Kier alpha value is -1.06. The standard InChI is InChI=1S/C10H18N2O2/c1-4-10(5-2,6-3)12-7-8(13)11-9(12)14/h4-7H2,1-3H3,(H,11,13,14). The SMILES string of the molecule is CCC(CC)(CC)N1CC(=O)NC1=O. The molecule has 14 heavy (non-hydrogen) atoms. The lowest BCUT2D eigenvalue weighted by atomic mass is 9.88. The van der Waals surface area contributed by atoms with Crippen LogP contribution in [-0.4, -0.2) is 28.9 Å². The van der Waals surface area contributed by atoms with Crippen LogP contribution in [-0.2, 0) is 4.79 Å². The van der Waals surface area contributed by atoms with Crippen LogP contribution in [0.15, 0.2) is 0 Å². The Morgan fingerprint density at radius 2 is 1.71 bits per heavy atom. The van der Waals surface area contributed by atoms with Crippen molar-refractivity contribution >= 4 is 11.9 Å². The Bertz CT molecular complexity index is 238. The molecule has 0 aromatic carbocycles. The van der Waals surface area contributed by atoms with E-state index in [1.807, 2.05) is 0 Å². The predicted molar refractivity (Wildman–Crippen MR) is 53.8 cm³/mol. The van der Waals surface area contributed by atoms with Crippen molar-refractivity contribution in [2.75, 3.05) is 6.54 Å². The van der Waals surface area contributed by atoms with E-state index in [0.29, 0.717) is 0 Å². The van der Waals surface area contributed by atoms with Crippen molar-refractivity contribution in [1.29, 1.82) is 0 Å². The molecule has 0 bridgehead atoms. The van der Waals surface area contributed by atoms with E-state index in [2.05, 4.69) is 26.1 Å². The van der Waals surface area contributed by atoms with Gasteiger partial charge in [0.25, 0.3) is 0 Å². The number of rotatable bonds is 4. The van der Waals surface area contributed by atoms with E-state index >= 15 is 0 Å². The van der Waals surface area contributed by atoms with Gasteiger partial charge in [0.2, 0.25) is 5.91 Å². The summed E-state index contributed by atoms with van der Waals surface area (Å²) >= 11 is 0. The molecule has 1 N–H and O–H groups in total. The van der Waals surface area contributed by atoms with Crippen LogP contribution in [0, 0.1) is 0 Å². The van der Waals surface area contributed by atoms with Crippen LogP contribution in [0.4, 0.5) is 4.79 Å². The fourth-order valence-corrected chi connectivity index (χ4v) is 2.15. The summed E-state index contributed by atoms with van der Waals surface area (Å²) in [6.45, 7) is 6.39. The lowest BCUT2D eigenvalue weighted by Gasteiger charge is -2.38. The Morgan fingerprint density at radius 3 is 2.00 bits per heavy atom. The fourth-order valence-electron chi connectivity index (χ4n) is 2.15. The van der Waals surface area contributed by atoms with Crippen molar-refractivity contribution in [3.63, 3.8) is 0 Å². The number of carbonyl (C=O) groups is 2. The summed E-state index contributed by atoms with van der Waals surface area (Å²) < 4.78 is 0. The molecule has 0 radical (unpaired) electrons. The van der Waals surface area contributed by atoms with Crippen molar-refractivity contribution in [3.8, 4) is 0 Å². The van der Waals surface area contributed by atoms with Gasteiger partial charge >= 0.3 is 6.03 Å². The first-order chi connectivity index (χ1) is 6.59. The monoisotopic (exact) mass is 198 g/mol. The van der Waals surface area contributed by atoms with Crippen molar-refractivity contribution in [2.24, 2.45) is 0 Å². The zero-order valence-corrected chi connectivity index (χ0v) is 9.09. The molecule has 1 fully saturated rings. The minimum Gasteiger partial charge on any atom is -0.310 e. The molecule has 0 unspecified atom stereocenters. The number of imide groups is 1. The topological polar surface area (TPSA) is 49.4 Å². The lowest BCUT2D eigenvalue weighted by Crippen LogP contribution is -2.49. The summed E-state index contributed by atoms with van der Waals surface area (Å²) in [5, 5.41) is 2.32. The van der Waals surface area contributed by atoms with Gasteiger partial charge in [-0.25, -0.2) is 4.79 Å². The minimum absolute atomic E-state index is 0.143. The highest BCUT2D eigenvalue weighted by atomic mass is 16.2. The van der Waals surface area contributed by atoms with E-state index in [1.165, 1.54) is 0 Å². The van der Waals surface area contributed by atoms with Crippen LogP contribution in [0.25, 0.3) is 0 Å². The Kier molecular flexibility index (Phi) is 3.13. The van der Waals surface area contributed by atoms with Crippen molar-refractivity contribution < 1.29 is 9.59 Å². The molecule has 80 valence electrons. The zero-order chi connectivity index (χ0) is 10.8. The van der Waals surface area contributed by atoms with Crippen LogP contribution in [0.3, 0.4) is 0 Å². The Morgan fingerprint density at radius 1 is 1.21 bits per heavy atom. The molecule has 1 aliphatic rings. The molecule has 1 rings (SSSR count). The number of nitrogens with one attached hydrogen (secondary N) is 1. The number of nitrogens with zero attached hydrogens (tertiary/aromatic N) is 1. The molecule has 0 atom stereocenters. The summed E-state index contributed by atoms with van der Waals surface area (Å²) in [5.74, 6) is -0.185. The molecule has 0 aliphatic carbocycles. The van der Waals surface area contributed by atoms with E-state index in [4.69, 9.17) is 0 Å². The predicted octanol–water partition coefficient (Wildman–Crippen LogP) is 1.51. The molecule has 0 saturated carbocycles. The first-order valence-corrected chi connectivity index (χ1v) is 5.21. The molecule has 4 nitrogen and oxygen atoms in total. The molecular formula is C10H18N2O2. The first kappa shape index (κ1) is 11.0. The average molecular weight is 198 g/mol. The third-order valence-electron chi connectivity index (χ3n) is 3.34. The zero-order valence-electron chi connectivity index (χ0n) is 9.09. The molecule has 1 aliphatic heterocycles. The molecule has 0 aromatic rings. The lowest BCUT2D eigenvalue weighted by molar-refractivity contribution is -0.119. The van der Waals surface area contributed by atoms with Crippen molar-refractivity contribution in [3.05, 3.63) is 0 Å². The highest BCUT2D eigenvalue weighted by Crippen LogP contribution is 2.29. The van der Waals surface area contributed by atoms with Gasteiger partial charge in [-0.1, -0.05) is 20.8 Å². The highest BCUT2D eigenvalue weighted by molar-refractivity contribution is 6.02. The summed E-state index contributed by atoms with van der Waals surface area (Å²) in [7, 11) is 0. The number of amides is 3. The molecule has 1 heterocycles. The van der Waals surface area contributed by atoms with Gasteiger partial charge in [0.1, 0.15) is 6.54 Å². The van der Waals surface area contributed by atoms with Crippen LogP contribution in [0.1, 0.15) is 40.0 Å². The van der Waals surface area contributed by atoms with Crippen LogP contribution in [0.5, 0.6) is 0 Å². The van der Waals surface area contributed by atoms with Crippen LogP contribution < -0.4 is 5.32 Å². The molecule has 4 heteroatoms. The third-order valence-corrected chi connectivity index (χ3v) is 3.34. The van der Waals surface area contributed by atoms with E-state index in [9.17, 15) is 9.59 Å². The number of hydrogen-bond acceptors (Lipinski definition) is 2. The molecule has 0 aromatic heterocycles. The molecular weight excluding hydrogens is 180 g/mol. The largest absolute Gasteiger partial charge is 0.325 e. The smallest absolute Gasteiger partial charge is 0.310 e.